The van der Waals surface area contributed by atoms with Crippen LogP contribution in [0.4, 0.5) is 0 Å². The Kier molecular flexibility index (Phi) is 11.8. The van der Waals surface area contributed by atoms with E-state index in [9.17, 15) is 4.79 Å². The first kappa shape index (κ1) is 23.4. The van der Waals surface area contributed by atoms with Crippen LogP contribution in [0.5, 0.6) is 0 Å². The van der Waals surface area contributed by atoms with E-state index in [1.54, 1.807) is 11.3 Å². The van der Waals surface area contributed by atoms with Gasteiger partial charge in [-0.2, -0.15) is 0 Å². The molecule has 1 aromatic heterocycles. The Hall–Kier alpha value is -1.61. The maximum Gasteiger partial charge on any atom is 0.222 e. The van der Waals surface area contributed by atoms with Crippen molar-refractivity contribution >= 4 is 47.2 Å². The lowest BCUT2D eigenvalue weighted by Gasteiger charge is -2.11. The number of nitrogens with one attached hydrogen (secondary N) is 3. The summed E-state index contributed by atoms with van der Waals surface area (Å²) in [5, 5.41) is 9.37. The maximum atomic E-state index is 12.0. The molecule has 0 aliphatic rings. The molecule has 7 heteroatoms. The fourth-order valence-corrected chi connectivity index (χ4v) is 3.26. The lowest BCUT2D eigenvalue weighted by molar-refractivity contribution is -0.121. The van der Waals surface area contributed by atoms with Gasteiger partial charge >= 0.3 is 0 Å². The highest BCUT2D eigenvalue weighted by Gasteiger charge is 2.04. The molecule has 148 valence electrons. The van der Waals surface area contributed by atoms with E-state index in [0.717, 1.165) is 24.5 Å². The summed E-state index contributed by atoms with van der Waals surface area (Å²) < 4.78 is 0. The summed E-state index contributed by atoms with van der Waals surface area (Å²) in [5.41, 5.74) is 1.10. The average Bonchev–Trinajstić information content (AvgIpc) is 3.13. The Balaban J connectivity index is 0.00000364. The number of aliphatic imine (C=N–C) groups is 1. The number of carbonyl (C=O) groups excluding carboxylic acids is 1. The number of guanidine groups is 1. The van der Waals surface area contributed by atoms with Crippen LogP contribution in [0.3, 0.4) is 0 Å². The number of hydrogen-bond donors (Lipinski definition) is 3. The van der Waals surface area contributed by atoms with Crippen LogP contribution in [-0.4, -0.2) is 25.0 Å². The average molecular weight is 500 g/mol. The molecule has 0 aliphatic carbocycles. The van der Waals surface area contributed by atoms with Crippen LogP contribution in [0, 0.1) is 0 Å². The number of hydrogen-bond acceptors (Lipinski definition) is 3. The second-order valence-corrected chi connectivity index (χ2v) is 7.11. The number of carbonyl (C=O) groups is 1. The van der Waals surface area contributed by atoms with Crippen molar-refractivity contribution in [1.82, 2.24) is 16.0 Å². The largest absolute Gasteiger partial charge is 0.357 e. The van der Waals surface area contributed by atoms with E-state index in [0.29, 0.717) is 26.1 Å². The molecule has 1 aromatic carbocycles. The highest BCUT2D eigenvalue weighted by atomic mass is 127. The topological polar surface area (TPSA) is 65.5 Å². The number of benzene rings is 1. The molecular weight excluding hydrogens is 471 g/mol. The lowest BCUT2D eigenvalue weighted by atomic mass is 10.2. The Bertz CT molecular complexity index is 703. The number of rotatable bonds is 9. The third-order valence-corrected chi connectivity index (χ3v) is 4.99. The maximum absolute atomic E-state index is 12.0. The minimum atomic E-state index is 0. The SMILES string of the molecule is CCNC(=NCc1ccc(CC)s1)NCCC(=O)NCc1ccccc1.I. The third kappa shape index (κ3) is 9.23. The first-order valence-corrected chi connectivity index (χ1v) is 9.93. The molecule has 1 heterocycles. The standard InChI is InChI=1S/C20H28N4OS.HI/c1-3-17-10-11-18(26-17)15-24-20(21-4-2)22-13-12-19(25)23-14-16-8-6-5-7-9-16;/h5-11H,3-4,12-15H2,1-2H3,(H,23,25)(H2,21,22,24);1H. The normalized spacial score (nSPS) is 10.8. The van der Waals surface area contributed by atoms with Crippen molar-refractivity contribution in [2.45, 2.75) is 39.8 Å². The number of aryl methyl sites for hydroxylation is 1. The third-order valence-electron chi connectivity index (χ3n) is 3.78. The minimum absolute atomic E-state index is 0. The molecule has 27 heavy (non-hydrogen) atoms. The monoisotopic (exact) mass is 500 g/mol. The second-order valence-electron chi connectivity index (χ2n) is 5.86. The van der Waals surface area contributed by atoms with E-state index in [1.807, 2.05) is 37.3 Å². The van der Waals surface area contributed by atoms with Gasteiger partial charge in [-0.05, 0) is 31.0 Å². The fraction of sp³-hybridized carbons (Fsp3) is 0.400. The first-order valence-electron chi connectivity index (χ1n) is 9.11. The minimum Gasteiger partial charge on any atom is -0.357 e. The van der Waals surface area contributed by atoms with E-state index in [1.165, 1.54) is 9.75 Å². The van der Waals surface area contributed by atoms with Crippen molar-refractivity contribution in [3.05, 3.63) is 57.8 Å². The number of nitrogens with zero attached hydrogens (tertiary/aromatic N) is 1. The number of amides is 1. The summed E-state index contributed by atoms with van der Waals surface area (Å²) in [5.74, 6) is 0.776. The van der Waals surface area contributed by atoms with Gasteiger partial charge in [0.05, 0.1) is 6.54 Å². The zero-order valence-electron chi connectivity index (χ0n) is 16.0. The highest BCUT2D eigenvalue weighted by Crippen LogP contribution is 2.17. The van der Waals surface area contributed by atoms with Crippen molar-refractivity contribution in [2.75, 3.05) is 13.1 Å². The molecular formula is C20H29IN4OS. The molecule has 0 saturated heterocycles. The Morgan fingerprint density at radius 2 is 1.74 bits per heavy atom. The van der Waals surface area contributed by atoms with E-state index in [-0.39, 0.29) is 29.9 Å². The van der Waals surface area contributed by atoms with Crippen LogP contribution in [0.15, 0.2) is 47.5 Å². The molecule has 0 saturated carbocycles. The summed E-state index contributed by atoms with van der Waals surface area (Å²) in [4.78, 5) is 19.2. The molecule has 3 N–H and O–H groups in total. The van der Waals surface area contributed by atoms with Crippen LogP contribution in [0.2, 0.25) is 0 Å². The van der Waals surface area contributed by atoms with Crippen molar-refractivity contribution < 1.29 is 4.79 Å². The molecule has 2 aromatic rings. The van der Waals surface area contributed by atoms with Crippen LogP contribution >= 0.6 is 35.3 Å². The quantitative estimate of drug-likeness (QED) is 0.280. The summed E-state index contributed by atoms with van der Waals surface area (Å²) in [6.45, 7) is 6.75. The summed E-state index contributed by atoms with van der Waals surface area (Å²) in [7, 11) is 0. The summed E-state index contributed by atoms with van der Waals surface area (Å²) >= 11 is 1.80. The van der Waals surface area contributed by atoms with E-state index in [4.69, 9.17) is 0 Å². The smallest absolute Gasteiger partial charge is 0.222 e. The first-order chi connectivity index (χ1) is 12.7. The molecule has 0 spiro atoms. The zero-order valence-corrected chi connectivity index (χ0v) is 19.1. The molecule has 0 fully saturated rings. The van der Waals surface area contributed by atoms with Gasteiger partial charge in [-0.25, -0.2) is 4.99 Å². The van der Waals surface area contributed by atoms with Crippen molar-refractivity contribution in [3.63, 3.8) is 0 Å². The van der Waals surface area contributed by atoms with Crippen LogP contribution in [-0.2, 0) is 24.3 Å². The van der Waals surface area contributed by atoms with Gasteiger partial charge in [-0.1, -0.05) is 37.3 Å². The van der Waals surface area contributed by atoms with Gasteiger partial charge in [-0.3, -0.25) is 4.79 Å². The van der Waals surface area contributed by atoms with E-state index in [2.05, 4.69) is 40.0 Å². The summed E-state index contributed by atoms with van der Waals surface area (Å²) in [6.07, 6.45) is 1.47. The molecule has 0 atom stereocenters. The molecule has 5 nitrogen and oxygen atoms in total. The van der Waals surface area contributed by atoms with Gasteiger partial charge in [0, 0.05) is 35.8 Å². The van der Waals surface area contributed by atoms with Crippen molar-refractivity contribution in [3.8, 4) is 0 Å². The van der Waals surface area contributed by atoms with Gasteiger partial charge in [0.15, 0.2) is 5.96 Å². The lowest BCUT2D eigenvalue weighted by Crippen LogP contribution is -2.39. The van der Waals surface area contributed by atoms with E-state index >= 15 is 0 Å². The predicted octanol–water partition coefficient (Wildman–Crippen LogP) is 3.69. The number of thiophene rings is 1. The van der Waals surface area contributed by atoms with Crippen LogP contribution < -0.4 is 16.0 Å². The van der Waals surface area contributed by atoms with Gasteiger partial charge in [0.25, 0.3) is 0 Å². The van der Waals surface area contributed by atoms with Gasteiger partial charge < -0.3 is 16.0 Å². The van der Waals surface area contributed by atoms with Crippen LogP contribution in [0.25, 0.3) is 0 Å². The van der Waals surface area contributed by atoms with Gasteiger partial charge in [0.2, 0.25) is 5.91 Å². The van der Waals surface area contributed by atoms with Gasteiger partial charge in [0.1, 0.15) is 0 Å². The molecule has 1 amide bonds. The van der Waals surface area contributed by atoms with Crippen molar-refractivity contribution in [1.29, 1.82) is 0 Å². The van der Waals surface area contributed by atoms with Crippen molar-refractivity contribution in [2.24, 2.45) is 4.99 Å². The molecule has 0 bridgehead atoms. The molecule has 2 rings (SSSR count). The highest BCUT2D eigenvalue weighted by molar-refractivity contribution is 14.0. The fourth-order valence-electron chi connectivity index (χ4n) is 2.38. The van der Waals surface area contributed by atoms with Gasteiger partial charge in [-0.15, -0.1) is 35.3 Å². The molecule has 0 unspecified atom stereocenters. The molecule has 0 aliphatic heterocycles. The number of halogens is 1. The molecule has 0 radical (unpaired) electrons. The summed E-state index contributed by atoms with van der Waals surface area (Å²) in [6, 6.07) is 14.2. The Morgan fingerprint density at radius 3 is 2.41 bits per heavy atom. The van der Waals surface area contributed by atoms with Crippen LogP contribution in [0.1, 0.15) is 35.6 Å². The Morgan fingerprint density at radius 1 is 1.00 bits per heavy atom. The van der Waals surface area contributed by atoms with E-state index < -0.39 is 0 Å². The Labute approximate surface area is 183 Å². The second kappa shape index (κ2) is 13.5. The predicted molar refractivity (Wildman–Crippen MR) is 125 cm³/mol. The zero-order chi connectivity index (χ0) is 18.6.